The summed E-state index contributed by atoms with van der Waals surface area (Å²) in [5, 5.41) is 2.43. The predicted molar refractivity (Wildman–Crippen MR) is 261 cm³/mol. The maximum atomic E-state index is 2.57. The zero-order valence-corrected chi connectivity index (χ0v) is 35.8. The minimum Gasteiger partial charge on any atom is -0.309 e. The average molecular weight is 836 g/mol. The van der Waals surface area contributed by atoms with Crippen molar-refractivity contribution in [2.45, 2.75) is 30.4 Å². The van der Waals surface area contributed by atoms with Gasteiger partial charge in [-0.15, -0.1) is 0 Å². The van der Waals surface area contributed by atoms with Crippen molar-refractivity contribution in [1.82, 2.24) is 0 Å². The van der Waals surface area contributed by atoms with E-state index in [1.165, 1.54) is 103 Å². The van der Waals surface area contributed by atoms with Gasteiger partial charge in [-0.05, 0) is 115 Å². The average Bonchev–Trinajstić information content (AvgIpc) is 3.80. The van der Waals surface area contributed by atoms with Gasteiger partial charge >= 0.3 is 0 Å². The first-order valence-electron chi connectivity index (χ1n) is 21.8. The molecule has 0 unspecified atom stereocenters. The Morgan fingerprint density at radius 3 is 1.37 bits per heavy atom. The van der Waals surface area contributed by atoms with Crippen LogP contribution >= 0.6 is 23.5 Å². The molecule has 2 spiro atoms. The molecule has 0 saturated heterocycles. The summed E-state index contributed by atoms with van der Waals surface area (Å²) in [4.78, 5) is 7.82. The van der Waals surface area contributed by atoms with Gasteiger partial charge in [0.05, 0.1) is 22.2 Å². The number of rotatable bonds is 3. The van der Waals surface area contributed by atoms with Crippen LogP contribution in [-0.4, -0.2) is 0 Å². The molecule has 0 atom stereocenters. The quantitative estimate of drug-likeness (QED) is 0.175. The van der Waals surface area contributed by atoms with Crippen molar-refractivity contribution >= 4 is 51.4 Å². The standard InChI is InChI=1S/C60H37NS2/c1-2-19-40-38(17-1)18-15-29-52(40)61(39-35-36-46-43(37-39)41-20-3-5-22-44(41)59(46)47-24-7-11-31-54(47)62-55-32-12-8-25-48(55)59)53-30-16-28-51-58(53)42-21-4-6-23-45(42)60(51)49-26-9-13-33-56(49)63-57-34-14-10-27-50(57)60/h1-37H. The predicted octanol–water partition coefficient (Wildman–Crippen LogP) is 16.0. The Morgan fingerprint density at radius 1 is 0.302 bits per heavy atom. The molecule has 0 fully saturated rings. The molecule has 2 aliphatic carbocycles. The molecule has 3 heteroatoms. The Morgan fingerprint density at radius 2 is 0.730 bits per heavy atom. The summed E-state index contributed by atoms with van der Waals surface area (Å²) in [6.07, 6.45) is 0. The van der Waals surface area contributed by atoms with Crippen LogP contribution in [0.25, 0.3) is 33.0 Å². The van der Waals surface area contributed by atoms with E-state index in [1.807, 2.05) is 23.5 Å². The Kier molecular flexibility index (Phi) is 7.47. The number of anilines is 3. The highest BCUT2D eigenvalue weighted by molar-refractivity contribution is 7.99. The van der Waals surface area contributed by atoms with Gasteiger partial charge < -0.3 is 4.90 Å². The van der Waals surface area contributed by atoms with Crippen LogP contribution in [0, 0.1) is 0 Å². The fourth-order valence-corrected chi connectivity index (χ4v) is 14.3. The molecule has 0 N–H and O–H groups in total. The fraction of sp³-hybridized carbons (Fsp3) is 0.0333. The number of nitrogens with zero attached hydrogens (tertiary/aromatic N) is 1. The third-order valence-electron chi connectivity index (χ3n) is 14.2. The van der Waals surface area contributed by atoms with Crippen LogP contribution in [0.1, 0.15) is 44.5 Å². The second-order valence-electron chi connectivity index (χ2n) is 17.0. The SMILES string of the molecule is c1ccc2c(c1)Sc1ccccc1C21c2ccccc2-c2cc(N(c3cccc4c3-c3ccccc3C43c4ccccc4Sc4ccccc43)c3cccc4ccccc34)ccc21. The van der Waals surface area contributed by atoms with Gasteiger partial charge in [-0.2, -0.15) is 0 Å². The molecule has 2 heterocycles. The van der Waals surface area contributed by atoms with Crippen LogP contribution in [0.2, 0.25) is 0 Å². The van der Waals surface area contributed by atoms with E-state index in [0.29, 0.717) is 0 Å². The Balaban J connectivity index is 1.08. The van der Waals surface area contributed by atoms with Gasteiger partial charge in [-0.25, -0.2) is 0 Å². The van der Waals surface area contributed by atoms with Gasteiger partial charge in [-0.3, -0.25) is 0 Å². The molecule has 14 rings (SSSR count). The number of hydrogen-bond donors (Lipinski definition) is 0. The van der Waals surface area contributed by atoms with Crippen LogP contribution in [0.5, 0.6) is 0 Å². The minimum absolute atomic E-state index is 0.438. The first kappa shape index (κ1) is 35.5. The molecule has 0 aromatic heterocycles. The van der Waals surface area contributed by atoms with Crippen molar-refractivity contribution < 1.29 is 0 Å². The minimum atomic E-state index is -0.478. The zero-order chi connectivity index (χ0) is 41.3. The number of fused-ring (bicyclic) bond motifs is 19. The molecule has 10 aromatic carbocycles. The second kappa shape index (κ2) is 13.2. The molecule has 294 valence electrons. The summed E-state index contributed by atoms with van der Waals surface area (Å²) in [5.41, 5.74) is 18.4. The van der Waals surface area contributed by atoms with Crippen molar-refractivity contribution in [2.24, 2.45) is 0 Å². The molecule has 4 aliphatic rings. The largest absolute Gasteiger partial charge is 0.309 e. The van der Waals surface area contributed by atoms with E-state index in [1.54, 1.807) is 0 Å². The Labute approximate surface area is 375 Å². The van der Waals surface area contributed by atoms with Gasteiger partial charge in [0.1, 0.15) is 0 Å². The molecule has 10 aromatic rings. The van der Waals surface area contributed by atoms with Gasteiger partial charge in [0.2, 0.25) is 0 Å². The lowest BCUT2D eigenvalue weighted by atomic mass is 9.67. The van der Waals surface area contributed by atoms with Crippen LogP contribution in [0.4, 0.5) is 17.1 Å². The molecular formula is C60H37NS2. The van der Waals surface area contributed by atoms with Gasteiger partial charge in [0, 0.05) is 36.2 Å². The molecule has 0 bridgehead atoms. The monoisotopic (exact) mass is 835 g/mol. The highest BCUT2D eigenvalue weighted by Gasteiger charge is 2.52. The summed E-state index contributed by atoms with van der Waals surface area (Å²) < 4.78 is 0. The molecule has 0 saturated carbocycles. The van der Waals surface area contributed by atoms with Crippen LogP contribution < -0.4 is 4.90 Å². The maximum Gasteiger partial charge on any atom is 0.0736 e. The van der Waals surface area contributed by atoms with E-state index >= 15 is 0 Å². The topological polar surface area (TPSA) is 3.24 Å². The molecule has 2 aliphatic heterocycles. The highest BCUT2D eigenvalue weighted by Crippen LogP contribution is 2.66. The van der Waals surface area contributed by atoms with E-state index in [0.717, 1.165) is 11.4 Å². The molecule has 63 heavy (non-hydrogen) atoms. The first-order valence-corrected chi connectivity index (χ1v) is 23.4. The van der Waals surface area contributed by atoms with E-state index in [2.05, 4.69) is 229 Å². The van der Waals surface area contributed by atoms with Crippen molar-refractivity contribution in [2.75, 3.05) is 4.90 Å². The number of hydrogen-bond acceptors (Lipinski definition) is 3. The Bertz CT molecular complexity index is 3470. The lowest BCUT2D eigenvalue weighted by molar-refractivity contribution is 0.722. The van der Waals surface area contributed by atoms with E-state index in [4.69, 9.17) is 0 Å². The maximum absolute atomic E-state index is 2.57. The van der Waals surface area contributed by atoms with Gasteiger partial charge in [0.25, 0.3) is 0 Å². The smallest absolute Gasteiger partial charge is 0.0736 e. The lowest BCUT2D eigenvalue weighted by Crippen LogP contribution is -2.32. The van der Waals surface area contributed by atoms with Gasteiger partial charge in [0.15, 0.2) is 0 Å². The highest BCUT2D eigenvalue weighted by atomic mass is 32.2. The summed E-state index contributed by atoms with van der Waals surface area (Å²) in [5.74, 6) is 0. The summed E-state index contributed by atoms with van der Waals surface area (Å²) in [6.45, 7) is 0. The summed E-state index contributed by atoms with van der Waals surface area (Å²) >= 11 is 3.79. The van der Waals surface area contributed by atoms with Crippen molar-refractivity contribution in [1.29, 1.82) is 0 Å². The van der Waals surface area contributed by atoms with Crippen LogP contribution in [0.15, 0.2) is 244 Å². The van der Waals surface area contributed by atoms with Crippen molar-refractivity contribution in [3.05, 3.63) is 269 Å². The van der Waals surface area contributed by atoms with Gasteiger partial charge in [-0.1, -0.05) is 199 Å². The molecule has 1 nitrogen and oxygen atoms in total. The molecule has 0 radical (unpaired) electrons. The van der Waals surface area contributed by atoms with Crippen molar-refractivity contribution in [3.63, 3.8) is 0 Å². The lowest BCUT2D eigenvalue weighted by Gasteiger charge is -2.40. The normalized spacial score (nSPS) is 14.8. The second-order valence-corrected chi connectivity index (χ2v) is 19.2. The fourth-order valence-electron chi connectivity index (χ4n) is 11.9. The summed E-state index contributed by atoms with van der Waals surface area (Å²) in [6, 6.07) is 84.7. The van der Waals surface area contributed by atoms with E-state index in [9.17, 15) is 0 Å². The third-order valence-corrected chi connectivity index (χ3v) is 16.5. The van der Waals surface area contributed by atoms with Crippen LogP contribution in [-0.2, 0) is 10.8 Å². The Hall–Kier alpha value is -7.04. The third kappa shape index (κ3) is 4.61. The van der Waals surface area contributed by atoms with Crippen LogP contribution in [0.3, 0.4) is 0 Å². The first-order chi connectivity index (χ1) is 31.3. The summed E-state index contributed by atoms with van der Waals surface area (Å²) in [7, 11) is 0. The zero-order valence-electron chi connectivity index (χ0n) is 34.1. The van der Waals surface area contributed by atoms with E-state index in [-0.39, 0.29) is 0 Å². The molecule has 0 amide bonds. The van der Waals surface area contributed by atoms with E-state index < -0.39 is 10.8 Å². The number of benzene rings is 10. The van der Waals surface area contributed by atoms with Crippen molar-refractivity contribution in [3.8, 4) is 22.3 Å². The molecular weight excluding hydrogens is 799 g/mol.